The van der Waals surface area contributed by atoms with Gasteiger partial charge in [-0.1, -0.05) is 28.1 Å². The molecule has 0 saturated carbocycles. The van der Waals surface area contributed by atoms with Crippen molar-refractivity contribution in [2.45, 2.75) is 12.3 Å². The molecule has 1 atom stereocenters. The zero-order valence-electron chi connectivity index (χ0n) is 19.3. The quantitative estimate of drug-likeness (QED) is 0.225. The number of benzene rings is 3. The Morgan fingerprint density at radius 3 is 2.51 bits per heavy atom. The zero-order valence-corrected chi connectivity index (χ0v) is 21.7. The first-order valence-electron chi connectivity index (χ1n) is 11.1. The van der Waals surface area contributed by atoms with Crippen LogP contribution >= 0.6 is 15.9 Å². The van der Waals surface area contributed by atoms with Gasteiger partial charge in [-0.3, -0.25) is 19.8 Å². The Hall–Kier alpha value is -3.90. The van der Waals surface area contributed by atoms with Crippen LogP contribution in [0.4, 0.5) is 11.4 Å². The van der Waals surface area contributed by atoms with Crippen molar-refractivity contribution in [1.82, 2.24) is 0 Å². The number of fused-ring (bicyclic) bond motifs is 1. The minimum atomic E-state index is -4.33. The largest absolute Gasteiger partial charge is 0.494 e. The van der Waals surface area contributed by atoms with Crippen molar-refractivity contribution in [3.8, 4) is 17.2 Å². The summed E-state index contributed by atoms with van der Waals surface area (Å²) in [7, 11) is -4.33. The average molecular weight is 587 g/mol. The third-order valence-electron chi connectivity index (χ3n) is 5.84. The predicted molar refractivity (Wildman–Crippen MR) is 138 cm³/mol. The Morgan fingerprint density at radius 2 is 1.84 bits per heavy atom. The lowest BCUT2D eigenvalue weighted by Crippen LogP contribution is -2.29. The lowest BCUT2D eigenvalue weighted by molar-refractivity contribution is -0.384. The van der Waals surface area contributed by atoms with Crippen molar-refractivity contribution >= 4 is 49.1 Å². The normalized spacial score (nSPS) is 18.9. The highest BCUT2D eigenvalue weighted by atomic mass is 79.9. The van der Waals surface area contributed by atoms with E-state index in [2.05, 4.69) is 15.9 Å². The number of ether oxygens (including phenoxy) is 3. The molecule has 2 aliphatic heterocycles. The van der Waals surface area contributed by atoms with Gasteiger partial charge in [-0.05, 0) is 60.5 Å². The summed E-state index contributed by atoms with van der Waals surface area (Å²) >= 11 is 3.39. The minimum absolute atomic E-state index is 0.0272. The molecule has 5 rings (SSSR count). The van der Waals surface area contributed by atoms with E-state index in [1.54, 1.807) is 36.4 Å². The summed E-state index contributed by atoms with van der Waals surface area (Å²) in [6.07, 6.45) is 1.27. The van der Waals surface area contributed by atoms with Gasteiger partial charge in [-0.15, -0.1) is 0 Å². The molecule has 3 aromatic rings. The van der Waals surface area contributed by atoms with Gasteiger partial charge in [0.25, 0.3) is 11.6 Å². The molecule has 12 heteroatoms. The number of hydrogen-bond donors (Lipinski definition) is 0. The lowest BCUT2D eigenvalue weighted by atomic mass is 10.1. The first kappa shape index (κ1) is 24.8. The summed E-state index contributed by atoms with van der Waals surface area (Å²) in [6, 6.07) is 14.9. The predicted octanol–water partition coefficient (Wildman–Crippen LogP) is 4.99. The van der Waals surface area contributed by atoms with Gasteiger partial charge in [-0.2, -0.15) is 0 Å². The fourth-order valence-electron chi connectivity index (χ4n) is 4.18. The number of nitrogens with zero attached hydrogens (tertiary/aromatic N) is 2. The first-order valence-corrected chi connectivity index (χ1v) is 13.4. The SMILES string of the molecule is CCOc1ccc(N2C(=O)C(=Cc3cc4c(cc3Br)OCO4)S(=O)(=O)C2c2cccc([N+](=O)[O-])c2)cc1. The van der Waals surface area contributed by atoms with Crippen molar-refractivity contribution in [2.75, 3.05) is 18.3 Å². The molecule has 0 aliphatic carbocycles. The second-order valence-electron chi connectivity index (χ2n) is 8.09. The number of carbonyl (C=O) groups is 1. The van der Waals surface area contributed by atoms with Crippen LogP contribution < -0.4 is 19.1 Å². The van der Waals surface area contributed by atoms with Crippen LogP contribution in [0.25, 0.3) is 6.08 Å². The van der Waals surface area contributed by atoms with Gasteiger partial charge in [0.05, 0.1) is 11.5 Å². The summed E-state index contributed by atoms with van der Waals surface area (Å²) in [4.78, 5) is 25.2. The zero-order chi connectivity index (χ0) is 26.3. The molecule has 10 nitrogen and oxygen atoms in total. The molecule has 1 amide bonds. The molecule has 37 heavy (non-hydrogen) atoms. The molecule has 0 spiro atoms. The molecule has 1 unspecified atom stereocenters. The van der Waals surface area contributed by atoms with Crippen LogP contribution in [-0.4, -0.2) is 32.6 Å². The topological polar surface area (TPSA) is 125 Å². The Morgan fingerprint density at radius 1 is 1.14 bits per heavy atom. The molecule has 2 heterocycles. The van der Waals surface area contributed by atoms with E-state index in [0.717, 1.165) is 11.0 Å². The molecule has 0 aromatic heterocycles. The maximum atomic E-state index is 13.9. The van der Waals surface area contributed by atoms with Crippen LogP contribution in [0.5, 0.6) is 17.2 Å². The van der Waals surface area contributed by atoms with Crippen LogP contribution in [0.15, 0.2) is 70.0 Å². The number of amides is 1. The molecule has 1 saturated heterocycles. The van der Waals surface area contributed by atoms with Crippen molar-refractivity contribution in [3.63, 3.8) is 0 Å². The van der Waals surface area contributed by atoms with Crippen LogP contribution in [-0.2, 0) is 14.6 Å². The molecular weight excluding hydrogens is 568 g/mol. The number of hydrogen-bond acceptors (Lipinski definition) is 8. The molecule has 190 valence electrons. The lowest BCUT2D eigenvalue weighted by Gasteiger charge is -2.23. The third kappa shape index (κ3) is 4.42. The molecule has 0 radical (unpaired) electrons. The fourth-order valence-corrected chi connectivity index (χ4v) is 6.49. The van der Waals surface area contributed by atoms with E-state index in [0.29, 0.717) is 39.6 Å². The second kappa shape index (κ2) is 9.52. The molecule has 0 N–H and O–H groups in total. The molecule has 1 fully saturated rings. The number of nitro groups is 1. The Bertz CT molecular complexity index is 1550. The Balaban J connectivity index is 1.67. The summed E-state index contributed by atoms with van der Waals surface area (Å²) in [6.45, 7) is 2.29. The molecule has 2 aliphatic rings. The van der Waals surface area contributed by atoms with Gasteiger partial charge in [0.15, 0.2) is 16.9 Å². The highest BCUT2D eigenvalue weighted by molar-refractivity contribution is 9.10. The maximum absolute atomic E-state index is 13.9. The highest BCUT2D eigenvalue weighted by Gasteiger charge is 2.50. The minimum Gasteiger partial charge on any atom is -0.494 e. The number of sulfone groups is 1. The summed E-state index contributed by atoms with van der Waals surface area (Å²) < 4.78 is 44.5. The smallest absolute Gasteiger partial charge is 0.271 e. The van der Waals surface area contributed by atoms with E-state index in [1.807, 2.05) is 6.92 Å². The van der Waals surface area contributed by atoms with E-state index in [-0.39, 0.29) is 18.0 Å². The molecule has 3 aromatic carbocycles. The van der Waals surface area contributed by atoms with E-state index in [9.17, 15) is 23.3 Å². The molecule has 0 bridgehead atoms. The van der Waals surface area contributed by atoms with Crippen molar-refractivity contribution in [2.24, 2.45) is 0 Å². The summed E-state index contributed by atoms with van der Waals surface area (Å²) in [5, 5.41) is 9.89. The van der Waals surface area contributed by atoms with Gasteiger partial charge >= 0.3 is 0 Å². The van der Waals surface area contributed by atoms with E-state index >= 15 is 0 Å². The number of non-ortho nitro benzene ring substituents is 1. The van der Waals surface area contributed by atoms with Crippen LogP contribution in [0.1, 0.15) is 23.4 Å². The standard InChI is InChI=1S/C25H19BrN2O8S/c1-2-34-19-8-6-17(7-9-19)27-24(29)23(12-16-11-21-22(13-20(16)26)36-14-35-21)37(32,33)25(27)15-4-3-5-18(10-15)28(30)31/h3-13,25H,2,14H2,1H3. The van der Waals surface area contributed by atoms with Gasteiger partial charge in [-0.25, -0.2) is 8.42 Å². The van der Waals surface area contributed by atoms with Gasteiger partial charge in [0, 0.05) is 22.3 Å². The summed E-state index contributed by atoms with van der Waals surface area (Å²) in [5.41, 5.74) is 0.483. The van der Waals surface area contributed by atoms with E-state index < -0.39 is 30.9 Å². The first-order chi connectivity index (χ1) is 17.7. The van der Waals surface area contributed by atoms with Crippen LogP contribution in [0.3, 0.4) is 0 Å². The van der Waals surface area contributed by atoms with E-state index in [4.69, 9.17) is 14.2 Å². The Kier molecular flexibility index (Phi) is 6.38. The number of halogens is 1. The number of nitro benzene ring substituents is 1. The van der Waals surface area contributed by atoms with Gasteiger partial charge < -0.3 is 14.2 Å². The van der Waals surface area contributed by atoms with Crippen LogP contribution in [0, 0.1) is 10.1 Å². The van der Waals surface area contributed by atoms with Crippen molar-refractivity contribution in [3.05, 3.63) is 91.3 Å². The average Bonchev–Trinajstić information content (AvgIpc) is 3.40. The van der Waals surface area contributed by atoms with E-state index in [1.165, 1.54) is 24.3 Å². The number of anilines is 1. The fraction of sp³-hybridized carbons (Fsp3) is 0.160. The second-order valence-corrected chi connectivity index (χ2v) is 10.9. The van der Waals surface area contributed by atoms with Crippen molar-refractivity contribution in [1.29, 1.82) is 0 Å². The third-order valence-corrected chi connectivity index (χ3v) is 8.50. The van der Waals surface area contributed by atoms with Crippen LogP contribution in [0.2, 0.25) is 0 Å². The summed E-state index contributed by atoms with van der Waals surface area (Å²) in [5.74, 6) is 0.676. The maximum Gasteiger partial charge on any atom is 0.271 e. The van der Waals surface area contributed by atoms with Gasteiger partial charge in [0.2, 0.25) is 16.6 Å². The number of carbonyl (C=O) groups excluding carboxylic acids is 1. The monoisotopic (exact) mass is 586 g/mol. The van der Waals surface area contributed by atoms with Gasteiger partial charge in [0.1, 0.15) is 10.7 Å². The highest BCUT2D eigenvalue weighted by Crippen LogP contribution is 2.45. The Labute approximate surface area is 220 Å². The molecular formula is C25H19BrN2O8S. The van der Waals surface area contributed by atoms with Crippen molar-refractivity contribution < 1.29 is 32.3 Å². The number of rotatable bonds is 6.